The standard InChI is InChI=1S/C11H15F3N4O3S2/c1-10(3-4-23(20,21)6-10)15-7(19)5-22-9-17-16-8(18(9)2)11(12,13)14/h3-6H2,1-2H3,(H,15,19)/t10-/m0/s1. The Balaban J connectivity index is 1.94. The van der Waals surface area contributed by atoms with Gasteiger partial charge >= 0.3 is 6.18 Å². The lowest BCUT2D eigenvalue weighted by Gasteiger charge is -2.23. The zero-order valence-corrected chi connectivity index (χ0v) is 14.0. The molecule has 1 amide bonds. The van der Waals surface area contributed by atoms with Crippen molar-refractivity contribution < 1.29 is 26.4 Å². The molecule has 1 saturated heterocycles. The molecule has 23 heavy (non-hydrogen) atoms. The molecule has 0 bridgehead atoms. The molecule has 130 valence electrons. The third-order valence-corrected chi connectivity index (χ3v) is 6.29. The molecule has 1 atom stereocenters. The summed E-state index contributed by atoms with van der Waals surface area (Å²) in [5, 5.41) is 9.04. The summed E-state index contributed by atoms with van der Waals surface area (Å²) in [6, 6.07) is 0. The van der Waals surface area contributed by atoms with Crippen molar-refractivity contribution in [3.63, 3.8) is 0 Å². The van der Waals surface area contributed by atoms with E-state index in [0.717, 1.165) is 23.4 Å². The predicted octanol–water partition coefficient (Wildman–Crippen LogP) is 0.619. The van der Waals surface area contributed by atoms with Gasteiger partial charge < -0.3 is 9.88 Å². The van der Waals surface area contributed by atoms with Gasteiger partial charge in [-0.15, -0.1) is 10.2 Å². The lowest BCUT2D eigenvalue weighted by Crippen LogP contribution is -2.47. The van der Waals surface area contributed by atoms with Crippen molar-refractivity contribution in [2.24, 2.45) is 7.05 Å². The summed E-state index contributed by atoms with van der Waals surface area (Å²) in [4.78, 5) is 11.9. The lowest BCUT2D eigenvalue weighted by atomic mass is 10.0. The van der Waals surface area contributed by atoms with Crippen LogP contribution in [0.3, 0.4) is 0 Å². The number of halogens is 3. The summed E-state index contributed by atoms with van der Waals surface area (Å²) in [5.74, 6) is -1.92. The van der Waals surface area contributed by atoms with Gasteiger partial charge in [-0.1, -0.05) is 11.8 Å². The van der Waals surface area contributed by atoms with Gasteiger partial charge in [0.1, 0.15) is 0 Å². The van der Waals surface area contributed by atoms with Gasteiger partial charge in [0.15, 0.2) is 15.0 Å². The Kier molecular flexibility index (Phi) is 4.68. The second-order valence-electron chi connectivity index (χ2n) is 5.60. The molecule has 0 aliphatic carbocycles. The van der Waals surface area contributed by atoms with Crippen LogP contribution in [0.25, 0.3) is 0 Å². The molecule has 1 N–H and O–H groups in total. The summed E-state index contributed by atoms with van der Waals surface area (Å²) in [7, 11) is -2.00. The van der Waals surface area contributed by atoms with E-state index in [4.69, 9.17) is 0 Å². The monoisotopic (exact) mass is 372 g/mol. The fourth-order valence-electron chi connectivity index (χ4n) is 2.30. The number of alkyl halides is 3. The van der Waals surface area contributed by atoms with E-state index in [1.807, 2.05) is 0 Å². The highest BCUT2D eigenvalue weighted by atomic mass is 32.2. The van der Waals surface area contributed by atoms with E-state index in [2.05, 4.69) is 15.5 Å². The van der Waals surface area contributed by atoms with Crippen LogP contribution in [0.5, 0.6) is 0 Å². The van der Waals surface area contributed by atoms with Crippen molar-refractivity contribution in [3.05, 3.63) is 5.82 Å². The second kappa shape index (κ2) is 5.96. The van der Waals surface area contributed by atoms with Gasteiger partial charge in [-0.3, -0.25) is 4.79 Å². The minimum atomic E-state index is -4.62. The Morgan fingerprint density at radius 2 is 2.09 bits per heavy atom. The van der Waals surface area contributed by atoms with Crippen LogP contribution in [0, 0.1) is 0 Å². The van der Waals surface area contributed by atoms with Crippen molar-refractivity contribution in [1.82, 2.24) is 20.1 Å². The maximum Gasteiger partial charge on any atom is 0.451 e. The van der Waals surface area contributed by atoms with Gasteiger partial charge in [0.05, 0.1) is 22.8 Å². The van der Waals surface area contributed by atoms with E-state index >= 15 is 0 Å². The molecule has 1 aromatic rings. The summed E-state index contributed by atoms with van der Waals surface area (Å²) < 4.78 is 61.4. The number of hydrogen-bond acceptors (Lipinski definition) is 6. The molecule has 1 fully saturated rings. The topological polar surface area (TPSA) is 94.0 Å². The Hall–Kier alpha value is -1.30. The normalized spacial score (nSPS) is 23.9. The first-order valence-corrected chi connectivity index (χ1v) is 9.33. The summed E-state index contributed by atoms with van der Waals surface area (Å²) >= 11 is 0.802. The summed E-state index contributed by atoms with van der Waals surface area (Å²) in [6.07, 6.45) is -4.30. The minimum Gasteiger partial charge on any atom is -0.349 e. The molecule has 7 nitrogen and oxygen atoms in total. The maximum atomic E-state index is 12.6. The molecule has 0 spiro atoms. The lowest BCUT2D eigenvalue weighted by molar-refractivity contribution is -0.147. The van der Waals surface area contributed by atoms with Crippen molar-refractivity contribution in [2.45, 2.75) is 30.2 Å². The third-order valence-electron chi connectivity index (χ3n) is 3.37. The van der Waals surface area contributed by atoms with Crippen LogP contribution >= 0.6 is 11.8 Å². The first-order chi connectivity index (χ1) is 10.4. The van der Waals surface area contributed by atoms with E-state index in [0.29, 0.717) is 6.42 Å². The van der Waals surface area contributed by atoms with Crippen molar-refractivity contribution in [1.29, 1.82) is 0 Å². The number of thioether (sulfide) groups is 1. The fourth-order valence-corrected chi connectivity index (χ4v) is 5.10. The van der Waals surface area contributed by atoms with Gasteiger partial charge in [0.2, 0.25) is 11.7 Å². The van der Waals surface area contributed by atoms with E-state index in [9.17, 15) is 26.4 Å². The molecule has 0 aromatic carbocycles. The Bertz CT molecular complexity index is 717. The van der Waals surface area contributed by atoms with Gasteiger partial charge in [-0.2, -0.15) is 13.2 Å². The van der Waals surface area contributed by atoms with Gasteiger partial charge in [-0.25, -0.2) is 8.42 Å². The number of aromatic nitrogens is 3. The number of sulfone groups is 1. The van der Waals surface area contributed by atoms with Crippen LogP contribution in [-0.4, -0.2) is 51.9 Å². The number of carbonyl (C=O) groups excluding carboxylic acids is 1. The van der Waals surface area contributed by atoms with Gasteiger partial charge in [0.25, 0.3) is 0 Å². The summed E-state index contributed by atoms with van der Waals surface area (Å²) in [5.41, 5.74) is -0.840. The molecule has 1 aliphatic heterocycles. The SMILES string of the molecule is Cn1c(SCC(=O)N[C@@]2(C)CCS(=O)(=O)C2)nnc1C(F)(F)F. The van der Waals surface area contributed by atoms with Crippen LogP contribution in [0.15, 0.2) is 5.16 Å². The van der Waals surface area contributed by atoms with E-state index in [1.165, 1.54) is 0 Å². The van der Waals surface area contributed by atoms with Gasteiger partial charge in [-0.05, 0) is 13.3 Å². The van der Waals surface area contributed by atoms with E-state index in [1.54, 1.807) is 6.92 Å². The van der Waals surface area contributed by atoms with Crippen LogP contribution in [0.2, 0.25) is 0 Å². The van der Waals surface area contributed by atoms with Crippen molar-refractivity contribution >= 4 is 27.5 Å². The highest BCUT2D eigenvalue weighted by Gasteiger charge is 2.40. The van der Waals surface area contributed by atoms with E-state index < -0.39 is 33.3 Å². The molecule has 12 heteroatoms. The molecule has 2 rings (SSSR count). The average molecular weight is 372 g/mol. The minimum absolute atomic E-state index is 0.00908. The fraction of sp³-hybridized carbons (Fsp3) is 0.727. The van der Waals surface area contributed by atoms with Crippen LogP contribution < -0.4 is 5.32 Å². The van der Waals surface area contributed by atoms with Gasteiger partial charge in [0, 0.05) is 7.05 Å². The number of carbonyl (C=O) groups is 1. The molecule has 0 saturated carbocycles. The maximum absolute atomic E-state index is 12.6. The molecular weight excluding hydrogens is 357 g/mol. The third kappa shape index (κ3) is 4.37. The number of hydrogen-bond donors (Lipinski definition) is 1. The summed E-state index contributed by atoms with van der Waals surface area (Å²) in [6.45, 7) is 1.63. The first-order valence-electron chi connectivity index (χ1n) is 6.53. The zero-order chi connectivity index (χ0) is 17.5. The van der Waals surface area contributed by atoms with Crippen LogP contribution in [-0.2, 0) is 27.9 Å². The highest BCUT2D eigenvalue weighted by molar-refractivity contribution is 7.99. The number of rotatable bonds is 4. The van der Waals surface area contributed by atoms with Crippen LogP contribution in [0.1, 0.15) is 19.2 Å². The average Bonchev–Trinajstić information content (AvgIpc) is 2.86. The molecule has 2 heterocycles. The number of nitrogens with zero attached hydrogens (tertiary/aromatic N) is 3. The zero-order valence-electron chi connectivity index (χ0n) is 12.3. The van der Waals surface area contributed by atoms with Crippen molar-refractivity contribution in [3.8, 4) is 0 Å². The van der Waals surface area contributed by atoms with E-state index in [-0.39, 0.29) is 22.4 Å². The largest absolute Gasteiger partial charge is 0.451 e. The van der Waals surface area contributed by atoms with Crippen LogP contribution in [0.4, 0.5) is 13.2 Å². The van der Waals surface area contributed by atoms with Crippen molar-refractivity contribution in [2.75, 3.05) is 17.3 Å². The number of nitrogens with one attached hydrogen (secondary N) is 1. The Morgan fingerprint density at radius 1 is 1.43 bits per heavy atom. The molecule has 0 radical (unpaired) electrons. The molecular formula is C11H15F3N4O3S2. The number of amides is 1. The Labute approximate surface area is 134 Å². The molecule has 1 aromatic heterocycles. The molecule has 1 aliphatic rings. The highest BCUT2D eigenvalue weighted by Crippen LogP contribution is 2.29. The quantitative estimate of drug-likeness (QED) is 0.779. The molecule has 0 unspecified atom stereocenters. The predicted molar refractivity (Wildman–Crippen MR) is 76.5 cm³/mol. The smallest absolute Gasteiger partial charge is 0.349 e. The first kappa shape index (κ1) is 18.0. The second-order valence-corrected chi connectivity index (χ2v) is 8.73. The Morgan fingerprint density at radius 3 is 2.57 bits per heavy atom.